The number of ether oxygens (including phenoxy) is 1. The predicted octanol–water partition coefficient (Wildman–Crippen LogP) is 5.76. The SMILES string of the molecule is CCOC(=O)C(C)(C/C=C/c1ccccc1)/C(C)=C/c1ccccc1. The fraction of sp³-hybridized carbons (Fsp3) is 0.261. The summed E-state index contributed by atoms with van der Waals surface area (Å²) in [7, 11) is 0. The number of rotatable bonds is 7. The third kappa shape index (κ3) is 5.18. The van der Waals surface area contributed by atoms with Gasteiger partial charge in [-0.15, -0.1) is 0 Å². The fourth-order valence-corrected chi connectivity index (χ4v) is 2.65. The maximum Gasteiger partial charge on any atom is 0.316 e. The predicted molar refractivity (Wildman–Crippen MR) is 105 cm³/mol. The molecule has 130 valence electrons. The third-order valence-corrected chi connectivity index (χ3v) is 4.42. The monoisotopic (exact) mass is 334 g/mol. The van der Waals surface area contributed by atoms with Gasteiger partial charge in [0.15, 0.2) is 0 Å². The van der Waals surface area contributed by atoms with Crippen LogP contribution >= 0.6 is 0 Å². The summed E-state index contributed by atoms with van der Waals surface area (Å²) < 4.78 is 5.35. The molecule has 0 fully saturated rings. The van der Waals surface area contributed by atoms with Crippen LogP contribution in [-0.2, 0) is 9.53 Å². The van der Waals surface area contributed by atoms with Gasteiger partial charge in [-0.3, -0.25) is 4.79 Å². The van der Waals surface area contributed by atoms with Crippen LogP contribution in [0.15, 0.2) is 72.3 Å². The van der Waals surface area contributed by atoms with Gasteiger partial charge in [-0.1, -0.05) is 84.5 Å². The van der Waals surface area contributed by atoms with Crippen LogP contribution in [0.25, 0.3) is 12.2 Å². The summed E-state index contributed by atoms with van der Waals surface area (Å²) in [6.45, 7) is 6.18. The molecule has 2 nitrogen and oxygen atoms in total. The maximum absolute atomic E-state index is 12.6. The van der Waals surface area contributed by atoms with E-state index in [1.807, 2.05) is 87.5 Å². The van der Waals surface area contributed by atoms with E-state index in [0.717, 1.165) is 16.7 Å². The first-order valence-electron chi connectivity index (χ1n) is 8.69. The summed E-state index contributed by atoms with van der Waals surface area (Å²) in [6.07, 6.45) is 6.75. The first-order chi connectivity index (χ1) is 12.1. The quantitative estimate of drug-likeness (QED) is 0.601. The molecular weight excluding hydrogens is 308 g/mol. The summed E-state index contributed by atoms with van der Waals surface area (Å²) in [4.78, 5) is 12.6. The standard InChI is InChI=1S/C23H26O2/c1-4-25-22(24)23(3,17-11-16-20-12-7-5-8-13-20)19(2)18-21-14-9-6-10-15-21/h5-16,18H,4,17H2,1-3H3/b16-11+,19-18+. The zero-order chi connectivity index (χ0) is 18.1. The van der Waals surface area contributed by atoms with E-state index in [-0.39, 0.29) is 5.97 Å². The van der Waals surface area contributed by atoms with E-state index in [4.69, 9.17) is 4.74 Å². The highest BCUT2D eigenvalue weighted by molar-refractivity contribution is 5.82. The summed E-state index contributed by atoms with van der Waals surface area (Å²) in [6, 6.07) is 20.1. The van der Waals surface area contributed by atoms with Crippen molar-refractivity contribution in [3.8, 4) is 0 Å². The molecule has 2 rings (SSSR count). The minimum atomic E-state index is -0.683. The fourth-order valence-electron chi connectivity index (χ4n) is 2.65. The average molecular weight is 334 g/mol. The minimum Gasteiger partial charge on any atom is -0.465 e. The summed E-state index contributed by atoms with van der Waals surface area (Å²) >= 11 is 0. The Morgan fingerprint density at radius 3 is 2.12 bits per heavy atom. The summed E-state index contributed by atoms with van der Waals surface area (Å²) in [5.74, 6) is -0.183. The molecule has 0 heterocycles. The second-order valence-corrected chi connectivity index (χ2v) is 6.31. The lowest BCUT2D eigenvalue weighted by molar-refractivity contribution is -0.151. The smallest absolute Gasteiger partial charge is 0.316 e. The molecule has 0 amide bonds. The first-order valence-corrected chi connectivity index (χ1v) is 8.69. The Balaban J connectivity index is 2.25. The highest BCUT2D eigenvalue weighted by atomic mass is 16.5. The molecule has 0 N–H and O–H groups in total. The van der Waals surface area contributed by atoms with Gasteiger partial charge in [-0.2, -0.15) is 0 Å². The van der Waals surface area contributed by atoms with Gasteiger partial charge in [0, 0.05) is 0 Å². The zero-order valence-electron chi connectivity index (χ0n) is 15.2. The van der Waals surface area contributed by atoms with E-state index >= 15 is 0 Å². The Labute approximate surface area is 150 Å². The first kappa shape index (κ1) is 18.7. The molecule has 25 heavy (non-hydrogen) atoms. The number of hydrogen-bond acceptors (Lipinski definition) is 2. The molecule has 1 unspecified atom stereocenters. The number of carbonyl (C=O) groups is 1. The number of carbonyl (C=O) groups excluding carboxylic acids is 1. The molecule has 0 bridgehead atoms. The van der Waals surface area contributed by atoms with Crippen LogP contribution in [0.5, 0.6) is 0 Å². The minimum absolute atomic E-state index is 0.183. The van der Waals surface area contributed by atoms with Gasteiger partial charge in [0.2, 0.25) is 0 Å². The number of esters is 1. The molecule has 0 aliphatic rings. The van der Waals surface area contributed by atoms with Crippen LogP contribution < -0.4 is 0 Å². The zero-order valence-corrected chi connectivity index (χ0v) is 15.2. The molecule has 0 spiro atoms. The van der Waals surface area contributed by atoms with Crippen LogP contribution in [-0.4, -0.2) is 12.6 Å². The van der Waals surface area contributed by atoms with Gasteiger partial charge in [0.1, 0.15) is 0 Å². The second kappa shape index (κ2) is 9.03. The largest absolute Gasteiger partial charge is 0.465 e. The highest BCUT2D eigenvalue weighted by Gasteiger charge is 2.35. The lowest BCUT2D eigenvalue weighted by Gasteiger charge is -2.27. The average Bonchev–Trinajstić information content (AvgIpc) is 2.63. The van der Waals surface area contributed by atoms with E-state index in [9.17, 15) is 4.79 Å². The van der Waals surface area contributed by atoms with Crippen molar-refractivity contribution in [3.05, 3.63) is 83.4 Å². The number of hydrogen-bond donors (Lipinski definition) is 0. The Morgan fingerprint density at radius 1 is 1.00 bits per heavy atom. The van der Waals surface area contributed by atoms with Crippen LogP contribution in [0.3, 0.4) is 0 Å². The van der Waals surface area contributed by atoms with Gasteiger partial charge in [0.25, 0.3) is 0 Å². The normalized spacial score (nSPS) is 14.3. The Morgan fingerprint density at radius 2 is 1.56 bits per heavy atom. The van der Waals surface area contributed by atoms with Crippen molar-refractivity contribution in [3.63, 3.8) is 0 Å². The van der Waals surface area contributed by atoms with Gasteiger partial charge in [-0.05, 0) is 38.3 Å². The maximum atomic E-state index is 12.6. The molecule has 0 radical (unpaired) electrons. The van der Waals surface area contributed by atoms with Gasteiger partial charge in [0.05, 0.1) is 12.0 Å². The van der Waals surface area contributed by atoms with Crippen LogP contribution in [0.2, 0.25) is 0 Å². The van der Waals surface area contributed by atoms with E-state index in [2.05, 4.69) is 12.2 Å². The molecule has 0 aliphatic carbocycles. The van der Waals surface area contributed by atoms with Crippen LogP contribution in [0.1, 0.15) is 38.3 Å². The van der Waals surface area contributed by atoms with Crippen LogP contribution in [0, 0.1) is 5.41 Å². The van der Waals surface area contributed by atoms with Crippen molar-refractivity contribution in [2.75, 3.05) is 6.61 Å². The van der Waals surface area contributed by atoms with Gasteiger partial charge < -0.3 is 4.74 Å². The molecular formula is C23H26O2. The second-order valence-electron chi connectivity index (χ2n) is 6.31. The van der Waals surface area contributed by atoms with E-state index in [0.29, 0.717) is 13.0 Å². The van der Waals surface area contributed by atoms with Crippen molar-refractivity contribution in [1.82, 2.24) is 0 Å². The van der Waals surface area contributed by atoms with Crippen molar-refractivity contribution in [2.24, 2.45) is 5.41 Å². The number of benzene rings is 2. The van der Waals surface area contributed by atoms with E-state index in [1.165, 1.54) is 0 Å². The van der Waals surface area contributed by atoms with E-state index < -0.39 is 5.41 Å². The lowest BCUT2D eigenvalue weighted by Crippen LogP contribution is -2.30. The third-order valence-electron chi connectivity index (χ3n) is 4.42. The molecule has 2 aromatic rings. The Kier molecular flexibility index (Phi) is 6.76. The van der Waals surface area contributed by atoms with Gasteiger partial charge >= 0.3 is 5.97 Å². The molecule has 2 aromatic carbocycles. The van der Waals surface area contributed by atoms with Crippen LogP contribution in [0.4, 0.5) is 0 Å². The highest BCUT2D eigenvalue weighted by Crippen LogP contribution is 2.34. The van der Waals surface area contributed by atoms with E-state index in [1.54, 1.807) is 0 Å². The summed E-state index contributed by atoms with van der Waals surface area (Å²) in [5.41, 5.74) is 2.52. The lowest BCUT2D eigenvalue weighted by atomic mass is 9.78. The molecule has 1 atom stereocenters. The van der Waals surface area contributed by atoms with Gasteiger partial charge in [-0.25, -0.2) is 0 Å². The molecule has 0 saturated heterocycles. The molecule has 0 saturated carbocycles. The van der Waals surface area contributed by atoms with Crippen molar-refractivity contribution in [2.45, 2.75) is 27.2 Å². The number of allylic oxidation sites excluding steroid dienone is 1. The van der Waals surface area contributed by atoms with Crippen molar-refractivity contribution in [1.29, 1.82) is 0 Å². The van der Waals surface area contributed by atoms with Crippen molar-refractivity contribution < 1.29 is 9.53 Å². The molecule has 2 heteroatoms. The Bertz CT molecular complexity index is 729. The molecule has 0 aromatic heterocycles. The molecule has 0 aliphatic heterocycles. The summed E-state index contributed by atoms with van der Waals surface area (Å²) in [5, 5.41) is 0. The van der Waals surface area contributed by atoms with Crippen molar-refractivity contribution >= 4 is 18.1 Å². The topological polar surface area (TPSA) is 26.3 Å². The Hall–Kier alpha value is -2.61.